The summed E-state index contributed by atoms with van der Waals surface area (Å²) in [5, 5.41) is 10.6. The first-order valence-corrected chi connectivity index (χ1v) is 9.15. The van der Waals surface area contributed by atoms with Gasteiger partial charge < -0.3 is 9.47 Å². The van der Waals surface area contributed by atoms with Gasteiger partial charge in [0.2, 0.25) is 0 Å². The van der Waals surface area contributed by atoms with Crippen molar-refractivity contribution < 1.29 is 9.47 Å². The lowest BCUT2D eigenvalue weighted by atomic mass is 10.1. The van der Waals surface area contributed by atoms with E-state index in [1.165, 1.54) is 0 Å². The van der Waals surface area contributed by atoms with E-state index in [0.717, 1.165) is 25.7 Å². The van der Waals surface area contributed by atoms with E-state index in [9.17, 15) is 5.26 Å². The minimum absolute atomic E-state index is 0.161. The van der Waals surface area contributed by atoms with Crippen LogP contribution in [0.1, 0.15) is 36.8 Å². The molecule has 0 unspecified atom stereocenters. The van der Waals surface area contributed by atoms with Gasteiger partial charge in [-0.05, 0) is 50.0 Å². The van der Waals surface area contributed by atoms with Gasteiger partial charge in [-0.2, -0.15) is 5.26 Å². The second kappa shape index (κ2) is 8.44. The van der Waals surface area contributed by atoms with Gasteiger partial charge in [-0.1, -0.05) is 29.3 Å². The zero-order chi connectivity index (χ0) is 18.5. The predicted molar refractivity (Wildman–Crippen MR) is 104 cm³/mol. The van der Waals surface area contributed by atoms with Crippen molar-refractivity contribution in [3.8, 4) is 17.7 Å². The fraction of sp³-hybridized carbons (Fsp3) is 0.300. The highest BCUT2D eigenvalue weighted by atomic mass is 35.5. The highest BCUT2D eigenvalue weighted by molar-refractivity contribution is 6.37. The van der Waals surface area contributed by atoms with E-state index in [1.54, 1.807) is 43.6 Å². The summed E-state index contributed by atoms with van der Waals surface area (Å²) in [6, 6.07) is 9.19. The van der Waals surface area contributed by atoms with Crippen LogP contribution in [0.2, 0.25) is 10.0 Å². The number of methoxy groups -OCH3 is 1. The van der Waals surface area contributed by atoms with Crippen LogP contribution in [0.15, 0.2) is 30.5 Å². The van der Waals surface area contributed by atoms with Crippen molar-refractivity contribution in [2.75, 3.05) is 7.11 Å². The lowest BCUT2D eigenvalue weighted by Gasteiger charge is -2.16. The molecule has 1 aromatic heterocycles. The second-order valence-corrected chi connectivity index (χ2v) is 6.88. The molecule has 2 aromatic rings. The van der Waals surface area contributed by atoms with Crippen molar-refractivity contribution in [1.29, 1.82) is 5.26 Å². The van der Waals surface area contributed by atoms with E-state index < -0.39 is 0 Å². The summed E-state index contributed by atoms with van der Waals surface area (Å²) in [6.45, 7) is 0. The van der Waals surface area contributed by atoms with Crippen molar-refractivity contribution >= 4 is 34.9 Å². The van der Waals surface area contributed by atoms with E-state index in [2.05, 4.69) is 11.1 Å². The van der Waals surface area contributed by atoms with Gasteiger partial charge in [0.25, 0.3) is 5.88 Å². The summed E-state index contributed by atoms with van der Waals surface area (Å²) in [6.07, 6.45) is 7.76. The largest absolute Gasteiger partial charge is 0.485 e. The van der Waals surface area contributed by atoms with Crippen molar-refractivity contribution in [3.05, 3.63) is 51.6 Å². The third-order valence-corrected chi connectivity index (χ3v) is 4.99. The van der Waals surface area contributed by atoms with Crippen LogP contribution in [0.5, 0.6) is 11.6 Å². The van der Waals surface area contributed by atoms with Gasteiger partial charge in [-0.3, -0.25) is 0 Å². The smallest absolute Gasteiger partial charge is 0.256 e. The number of benzene rings is 1. The molecule has 0 radical (unpaired) electrons. The number of ether oxygens (including phenoxy) is 2. The zero-order valence-electron chi connectivity index (χ0n) is 14.3. The molecule has 26 heavy (non-hydrogen) atoms. The Balaban J connectivity index is 1.98. The van der Waals surface area contributed by atoms with Crippen molar-refractivity contribution in [2.24, 2.45) is 0 Å². The Kier molecular flexibility index (Phi) is 6.03. The van der Waals surface area contributed by atoms with E-state index >= 15 is 0 Å². The molecular weight excluding hydrogens is 371 g/mol. The molecule has 1 heterocycles. The predicted octanol–water partition coefficient (Wildman–Crippen LogP) is 5.78. The molecule has 4 nitrogen and oxygen atoms in total. The monoisotopic (exact) mass is 388 g/mol. The highest BCUT2D eigenvalue weighted by Gasteiger charge is 2.20. The number of nitrogens with zero attached hydrogens (tertiary/aromatic N) is 2. The molecule has 0 saturated heterocycles. The number of halogens is 2. The Morgan fingerprint density at radius 1 is 1.27 bits per heavy atom. The van der Waals surface area contributed by atoms with E-state index in [4.69, 9.17) is 32.7 Å². The summed E-state index contributed by atoms with van der Waals surface area (Å²) in [7, 11) is 1.55. The van der Waals surface area contributed by atoms with Gasteiger partial charge in [-0.15, -0.1) is 0 Å². The van der Waals surface area contributed by atoms with Crippen molar-refractivity contribution in [2.45, 2.75) is 31.8 Å². The Bertz CT molecular complexity index is 848. The second-order valence-electron chi connectivity index (χ2n) is 6.06. The number of allylic oxidation sites excluding steroid dienone is 1. The first-order chi connectivity index (χ1) is 12.6. The third kappa shape index (κ3) is 4.12. The zero-order valence-corrected chi connectivity index (χ0v) is 15.8. The lowest BCUT2D eigenvalue weighted by Crippen LogP contribution is -2.12. The van der Waals surface area contributed by atoms with Gasteiger partial charge in [0.15, 0.2) is 5.75 Å². The van der Waals surface area contributed by atoms with Crippen LogP contribution in [-0.4, -0.2) is 18.2 Å². The average molecular weight is 389 g/mol. The number of hydrogen-bond acceptors (Lipinski definition) is 4. The molecular formula is C20H18Cl2N2O2. The average Bonchev–Trinajstić information content (AvgIpc) is 3.15. The van der Waals surface area contributed by atoms with Gasteiger partial charge in [0.05, 0.1) is 24.9 Å². The Labute approximate surface area is 163 Å². The number of pyridine rings is 1. The van der Waals surface area contributed by atoms with E-state index in [-0.39, 0.29) is 6.10 Å². The molecule has 1 saturated carbocycles. The molecule has 1 aliphatic rings. The first-order valence-electron chi connectivity index (χ1n) is 8.39. The molecule has 1 aliphatic carbocycles. The van der Waals surface area contributed by atoms with Crippen LogP contribution in [0.4, 0.5) is 0 Å². The highest BCUT2D eigenvalue weighted by Crippen LogP contribution is 2.34. The van der Waals surface area contributed by atoms with Crippen LogP contribution < -0.4 is 9.47 Å². The molecule has 0 bridgehead atoms. The fourth-order valence-corrected chi connectivity index (χ4v) is 3.48. The molecule has 1 fully saturated rings. The summed E-state index contributed by atoms with van der Waals surface area (Å²) in [5.74, 6) is 0.956. The van der Waals surface area contributed by atoms with E-state index in [0.29, 0.717) is 38.4 Å². The van der Waals surface area contributed by atoms with Gasteiger partial charge in [-0.25, -0.2) is 4.98 Å². The number of aromatic nitrogens is 1. The third-order valence-electron chi connectivity index (χ3n) is 4.33. The molecule has 6 heteroatoms. The molecule has 0 spiro atoms. The number of hydrogen-bond donors (Lipinski definition) is 0. The Hall–Kier alpha value is -2.22. The quantitative estimate of drug-likeness (QED) is 0.608. The summed E-state index contributed by atoms with van der Waals surface area (Å²) in [5.41, 5.74) is 1.62. The normalized spacial score (nSPS) is 14.9. The Morgan fingerprint density at radius 2 is 1.96 bits per heavy atom. The van der Waals surface area contributed by atoms with Crippen LogP contribution >= 0.6 is 23.2 Å². The van der Waals surface area contributed by atoms with Crippen molar-refractivity contribution in [1.82, 2.24) is 4.98 Å². The summed E-state index contributed by atoms with van der Waals surface area (Å²) >= 11 is 12.4. The standard InChI is InChI=1S/C20H18Cl2N2O2/c1-25-20-19(26-15-5-2-3-6-15)10-14(12-24-20)13(11-23)9-16-17(21)7-4-8-18(16)22/h4,7-10,12,15H,2-3,5-6H2,1H3. The molecule has 1 aromatic carbocycles. The van der Waals surface area contributed by atoms with Crippen molar-refractivity contribution in [3.63, 3.8) is 0 Å². The van der Waals surface area contributed by atoms with Crippen LogP contribution in [0.3, 0.4) is 0 Å². The number of nitriles is 1. The molecule has 0 amide bonds. The maximum atomic E-state index is 9.62. The molecule has 134 valence electrons. The van der Waals surface area contributed by atoms with Gasteiger partial charge in [0.1, 0.15) is 0 Å². The maximum absolute atomic E-state index is 9.62. The summed E-state index contributed by atoms with van der Waals surface area (Å²) in [4.78, 5) is 4.29. The topological polar surface area (TPSA) is 55.1 Å². The number of rotatable bonds is 5. The molecule has 3 rings (SSSR count). The van der Waals surface area contributed by atoms with Crippen LogP contribution in [0, 0.1) is 11.3 Å². The SMILES string of the molecule is COc1ncc(C(C#N)=Cc2c(Cl)cccc2Cl)cc1OC1CCCC1. The van der Waals surface area contributed by atoms with Crippen LogP contribution in [0.25, 0.3) is 11.6 Å². The molecule has 0 atom stereocenters. The fourth-order valence-electron chi connectivity index (χ4n) is 2.98. The Morgan fingerprint density at radius 3 is 2.58 bits per heavy atom. The minimum Gasteiger partial charge on any atom is -0.485 e. The first kappa shape index (κ1) is 18.6. The molecule has 0 aliphatic heterocycles. The maximum Gasteiger partial charge on any atom is 0.256 e. The molecule has 0 N–H and O–H groups in total. The summed E-state index contributed by atoms with van der Waals surface area (Å²) < 4.78 is 11.4. The van der Waals surface area contributed by atoms with Gasteiger partial charge >= 0.3 is 0 Å². The van der Waals surface area contributed by atoms with Crippen LogP contribution in [-0.2, 0) is 0 Å². The minimum atomic E-state index is 0.161. The lowest BCUT2D eigenvalue weighted by molar-refractivity contribution is 0.198. The van der Waals surface area contributed by atoms with E-state index in [1.807, 2.05) is 0 Å². The van der Waals surface area contributed by atoms with Gasteiger partial charge in [0, 0.05) is 27.4 Å².